The van der Waals surface area contributed by atoms with E-state index in [2.05, 4.69) is 18.7 Å². The molecule has 2 nitrogen and oxygen atoms in total. The van der Waals surface area contributed by atoms with Gasteiger partial charge in [0.1, 0.15) is 5.78 Å². The third-order valence-electron chi connectivity index (χ3n) is 2.16. The van der Waals surface area contributed by atoms with E-state index < -0.39 is 0 Å². The Morgan fingerprint density at radius 3 is 2.45 bits per heavy atom. The van der Waals surface area contributed by atoms with Crippen LogP contribution in [-0.4, -0.2) is 17.4 Å². The summed E-state index contributed by atoms with van der Waals surface area (Å²) in [5.41, 5.74) is -0.348. The van der Waals surface area contributed by atoms with Crippen molar-refractivity contribution in [2.24, 2.45) is 0 Å². The van der Waals surface area contributed by atoms with Crippen LogP contribution >= 0.6 is 0 Å². The molecule has 0 aromatic carbocycles. The topological polar surface area (TPSA) is 29.1 Å². The molecule has 0 radical (unpaired) electrons. The van der Waals surface area contributed by atoms with E-state index in [4.69, 9.17) is 0 Å². The number of Topliss-reactive ketones (excluding diaryl/α,β-unsaturated/α-hetero) is 1. The van der Waals surface area contributed by atoms with Gasteiger partial charge in [-0.05, 0) is 18.5 Å². The first-order valence-corrected chi connectivity index (χ1v) is 3.68. The van der Waals surface area contributed by atoms with E-state index in [0.717, 1.165) is 6.42 Å². The molecule has 1 rings (SSSR count). The fraction of sp³-hybridized carbons (Fsp3) is 0.750. The van der Waals surface area contributed by atoms with Crippen LogP contribution in [-0.2, 0) is 4.79 Å². The molecule has 2 atom stereocenters. The molecule has 1 saturated heterocycles. The summed E-state index contributed by atoms with van der Waals surface area (Å²) >= 11 is 0. The quantitative estimate of drug-likeness (QED) is 0.688. The number of rotatable bonds is 1. The normalized spacial score (nSPS) is 36.5. The van der Waals surface area contributed by atoms with Crippen LogP contribution in [0.1, 0.15) is 27.2 Å². The summed E-state index contributed by atoms with van der Waals surface area (Å²) in [6.07, 6.45) is 3.05. The molecule has 0 aliphatic carbocycles. The fourth-order valence-corrected chi connectivity index (χ4v) is 1.29. The van der Waals surface area contributed by atoms with Crippen molar-refractivity contribution in [1.29, 1.82) is 0 Å². The van der Waals surface area contributed by atoms with E-state index in [1.807, 2.05) is 6.92 Å². The Hall–Kier alpha value is 0.682. The molecular formula is C8H14NOU-. The van der Waals surface area contributed by atoms with Crippen LogP contribution in [0.5, 0.6) is 0 Å². The Bertz CT molecular complexity index is 160. The van der Waals surface area contributed by atoms with Crippen molar-refractivity contribution in [2.45, 2.75) is 38.8 Å². The van der Waals surface area contributed by atoms with Gasteiger partial charge in [-0.15, -0.1) is 0 Å². The Labute approximate surface area is 91.9 Å². The van der Waals surface area contributed by atoms with E-state index in [0.29, 0.717) is 6.04 Å². The van der Waals surface area contributed by atoms with Gasteiger partial charge in [-0.2, -0.15) is 6.42 Å². The van der Waals surface area contributed by atoms with Gasteiger partial charge in [0.05, 0.1) is 0 Å². The summed E-state index contributed by atoms with van der Waals surface area (Å²) in [5.74, 6) is 0.205. The van der Waals surface area contributed by atoms with Crippen molar-refractivity contribution in [3.8, 4) is 0 Å². The van der Waals surface area contributed by atoms with Gasteiger partial charge in [0.2, 0.25) is 0 Å². The molecule has 1 aliphatic heterocycles. The minimum atomic E-state index is -0.348. The number of carbonyl (C=O) groups excluding carboxylic acids is 1. The van der Waals surface area contributed by atoms with Crippen LogP contribution < -0.4 is 5.32 Å². The van der Waals surface area contributed by atoms with Crippen molar-refractivity contribution in [3.05, 3.63) is 6.42 Å². The molecule has 62 valence electrons. The van der Waals surface area contributed by atoms with Crippen molar-refractivity contribution < 1.29 is 35.9 Å². The minimum absolute atomic E-state index is 0. The first-order valence-electron chi connectivity index (χ1n) is 3.68. The van der Waals surface area contributed by atoms with Crippen molar-refractivity contribution in [1.82, 2.24) is 5.32 Å². The van der Waals surface area contributed by atoms with E-state index >= 15 is 0 Å². The molecule has 1 N–H and O–H groups in total. The van der Waals surface area contributed by atoms with Gasteiger partial charge in [0.15, 0.2) is 0 Å². The van der Waals surface area contributed by atoms with Crippen LogP contribution in [0.15, 0.2) is 0 Å². The summed E-state index contributed by atoms with van der Waals surface area (Å²) in [6.45, 7) is 5.64. The average molecular weight is 378 g/mol. The number of hydrogen-bond acceptors (Lipinski definition) is 2. The molecule has 0 aromatic rings. The molecule has 1 heterocycles. The molecule has 0 amide bonds. The molecule has 1 aliphatic rings. The first kappa shape index (κ1) is 11.7. The first-order chi connectivity index (χ1) is 4.54. The summed E-state index contributed by atoms with van der Waals surface area (Å²) in [4.78, 5) is 11.0. The molecule has 0 spiro atoms. The number of nitrogens with one attached hydrogen (secondary N) is 1. The molecule has 0 aromatic heterocycles. The monoisotopic (exact) mass is 378 g/mol. The zero-order chi connectivity index (χ0) is 7.78. The van der Waals surface area contributed by atoms with E-state index in [1.165, 1.54) is 0 Å². The zero-order valence-corrected chi connectivity index (χ0v) is 11.4. The SMILES string of the molecule is CC(=O)C1(C)[CH-]CC(C)N1.[U]. The second-order valence-corrected chi connectivity index (χ2v) is 3.24. The third kappa shape index (κ3) is 2.58. The van der Waals surface area contributed by atoms with Crippen molar-refractivity contribution >= 4 is 5.78 Å². The average Bonchev–Trinajstić information content (AvgIpc) is 2.13. The third-order valence-corrected chi connectivity index (χ3v) is 2.16. The molecule has 2 unspecified atom stereocenters. The summed E-state index contributed by atoms with van der Waals surface area (Å²) in [5, 5.41) is 3.22. The minimum Gasteiger partial charge on any atom is -0.334 e. The van der Waals surface area contributed by atoms with Crippen LogP contribution in [0.4, 0.5) is 0 Å². The van der Waals surface area contributed by atoms with E-state index in [9.17, 15) is 4.79 Å². The van der Waals surface area contributed by atoms with Crippen molar-refractivity contribution in [3.63, 3.8) is 0 Å². The van der Waals surface area contributed by atoms with Gasteiger partial charge in [0.25, 0.3) is 0 Å². The standard InChI is InChI=1S/C8H14NO.U/c1-6-4-5-8(3,9-6)7(2)10;/h5-6,9H,4H2,1-3H3;/q-1;. The fourth-order valence-electron chi connectivity index (χ4n) is 1.29. The van der Waals surface area contributed by atoms with E-state index in [-0.39, 0.29) is 42.4 Å². The largest absolute Gasteiger partial charge is 0.334 e. The predicted molar refractivity (Wildman–Crippen MR) is 40.6 cm³/mol. The van der Waals surface area contributed by atoms with Crippen LogP contribution in [0.2, 0.25) is 0 Å². The number of carbonyl (C=O) groups is 1. The maximum atomic E-state index is 11.0. The molecular weight excluding hydrogens is 364 g/mol. The number of hydrogen-bond donors (Lipinski definition) is 1. The Balaban J connectivity index is 0.000001000. The maximum Gasteiger partial charge on any atom is 0.119 e. The summed E-state index contributed by atoms with van der Waals surface area (Å²) in [7, 11) is 0. The second kappa shape index (κ2) is 4.07. The Kier molecular flexibility index (Phi) is 4.32. The summed E-state index contributed by atoms with van der Waals surface area (Å²) in [6, 6.07) is 0.453. The molecule has 0 saturated carbocycles. The Morgan fingerprint density at radius 2 is 2.27 bits per heavy atom. The van der Waals surface area contributed by atoms with Crippen LogP contribution in [0, 0.1) is 37.5 Å². The molecule has 1 fully saturated rings. The van der Waals surface area contributed by atoms with Crippen LogP contribution in [0.3, 0.4) is 0 Å². The van der Waals surface area contributed by atoms with Gasteiger partial charge >= 0.3 is 0 Å². The van der Waals surface area contributed by atoms with Gasteiger partial charge in [-0.25, -0.2) is 0 Å². The summed E-state index contributed by atoms with van der Waals surface area (Å²) < 4.78 is 0. The Morgan fingerprint density at radius 1 is 1.73 bits per heavy atom. The molecule has 3 heteroatoms. The van der Waals surface area contributed by atoms with Crippen LogP contribution in [0.25, 0.3) is 0 Å². The van der Waals surface area contributed by atoms with Gasteiger partial charge in [0, 0.05) is 31.1 Å². The van der Waals surface area contributed by atoms with Gasteiger partial charge < -0.3 is 16.5 Å². The van der Waals surface area contributed by atoms with E-state index in [1.54, 1.807) is 6.92 Å². The molecule has 0 bridgehead atoms. The second-order valence-electron chi connectivity index (χ2n) is 3.24. The van der Waals surface area contributed by atoms with Gasteiger partial charge in [-0.3, -0.25) is 0 Å². The maximum absolute atomic E-state index is 11.0. The van der Waals surface area contributed by atoms with Gasteiger partial charge in [-0.1, -0.05) is 13.8 Å². The van der Waals surface area contributed by atoms with Crippen molar-refractivity contribution in [2.75, 3.05) is 0 Å². The number of ketones is 1. The zero-order valence-electron chi connectivity index (χ0n) is 7.27. The smallest absolute Gasteiger partial charge is 0.119 e. The molecule has 11 heavy (non-hydrogen) atoms. The predicted octanol–water partition coefficient (Wildman–Crippen LogP) is 0.920.